The molecule has 1 saturated heterocycles. The lowest BCUT2D eigenvalue weighted by molar-refractivity contribution is -0.138. The van der Waals surface area contributed by atoms with Gasteiger partial charge in [-0.25, -0.2) is 4.98 Å². The minimum atomic E-state index is -0.974. The molecule has 1 aromatic carbocycles. The second-order valence-electron chi connectivity index (χ2n) is 6.47. The quantitative estimate of drug-likeness (QED) is 0.906. The van der Waals surface area contributed by atoms with E-state index in [1.807, 2.05) is 0 Å². The smallest absolute Gasteiger partial charge is 0.320 e. The number of aryl methyl sites for hydroxylation is 2. The van der Waals surface area contributed by atoms with Crippen molar-refractivity contribution in [3.05, 3.63) is 34.9 Å². The molecule has 0 radical (unpaired) electrons. The summed E-state index contributed by atoms with van der Waals surface area (Å²) in [5.74, 6) is -0.0726. The largest absolute Gasteiger partial charge is 0.480 e. The maximum atomic E-state index is 11.1. The second kappa shape index (κ2) is 6.16. The van der Waals surface area contributed by atoms with Crippen LogP contribution in [0.25, 0.3) is 10.9 Å². The third-order valence-electron chi connectivity index (χ3n) is 4.47. The number of hydrogen-bond donors (Lipinski definition) is 2. The van der Waals surface area contributed by atoms with Gasteiger partial charge in [0.2, 0.25) is 0 Å². The number of nitrogens with zero attached hydrogens (tertiary/aromatic N) is 2. The summed E-state index contributed by atoms with van der Waals surface area (Å²) < 4.78 is 0. The van der Waals surface area contributed by atoms with Gasteiger partial charge < -0.3 is 15.7 Å². The molecule has 1 fully saturated rings. The molecule has 1 unspecified atom stereocenters. The Kier molecular flexibility index (Phi) is 4.22. The molecule has 23 heavy (non-hydrogen) atoms. The van der Waals surface area contributed by atoms with Gasteiger partial charge in [0.1, 0.15) is 11.9 Å². The zero-order chi connectivity index (χ0) is 16.6. The van der Waals surface area contributed by atoms with E-state index in [2.05, 4.69) is 36.9 Å². The van der Waals surface area contributed by atoms with Gasteiger partial charge in [-0.15, -0.1) is 0 Å². The van der Waals surface area contributed by atoms with E-state index < -0.39 is 12.0 Å². The Morgan fingerprint density at radius 1 is 1.30 bits per heavy atom. The molecule has 1 aromatic heterocycles. The summed E-state index contributed by atoms with van der Waals surface area (Å²) in [5.41, 5.74) is 10.0. The van der Waals surface area contributed by atoms with Crippen LogP contribution in [0.1, 0.15) is 29.5 Å². The fourth-order valence-electron chi connectivity index (χ4n) is 3.36. The number of nitrogens with two attached hydrogens (primary N) is 1. The summed E-state index contributed by atoms with van der Waals surface area (Å²) in [5, 5.41) is 10.2. The number of aromatic nitrogens is 1. The Hall–Kier alpha value is -2.14. The Bertz CT molecular complexity index is 752. The van der Waals surface area contributed by atoms with Crippen LogP contribution in [-0.2, 0) is 11.2 Å². The lowest BCUT2D eigenvalue weighted by atomic mass is 10.0. The first kappa shape index (κ1) is 15.7. The summed E-state index contributed by atoms with van der Waals surface area (Å²) in [6.45, 7) is 6.07. The van der Waals surface area contributed by atoms with Crippen molar-refractivity contribution in [2.45, 2.75) is 39.2 Å². The number of anilines is 1. The van der Waals surface area contributed by atoms with E-state index in [0.717, 1.165) is 53.8 Å². The summed E-state index contributed by atoms with van der Waals surface area (Å²) in [4.78, 5) is 18.3. The molecule has 5 heteroatoms. The van der Waals surface area contributed by atoms with Gasteiger partial charge in [0, 0.05) is 24.9 Å². The maximum absolute atomic E-state index is 11.1. The van der Waals surface area contributed by atoms with Crippen molar-refractivity contribution >= 4 is 22.7 Å². The molecule has 5 nitrogen and oxygen atoms in total. The van der Waals surface area contributed by atoms with Crippen LogP contribution < -0.4 is 10.6 Å². The van der Waals surface area contributed by atoms with Gasteiger partial charge >= 0.3 is 5.97 Å². The highest BCUT2D eigenvalue weighted by Gasteiger charge is 2.22. The second-order valence-corrected chi connectivity index (χ2v) is 6.47. The number of carboxylic acids is 1. The number of pyridine rings is 1. The van der Waals surface area contributed by atoms with Crippen molar-refractivity contribution in [2.24, 2.45) is 5.73 Å². The predicted octanol–water partition coefficient (Wildman–Crippen LogP) is 2.41. The van der Waals surface area contributed by atoms with Crippen LogP contribution in [0.5, 0.6) is 0 Å². The van der Waals surface area contributed by atoms with Gasteiger partial charge in [-0.2, -0.15) is 0 Å². The third-order valence-corrected chi connectivity index (χ3v) is 4.47. The molecular formula is C18H23N3O2. The van der Waals surface area contributed by atoms with Crippen molar-refractivity contribution in [1.82, 2.24) is 4.98 Å². The van der Waals surface area contributed by atoms with E-state index in [4.69, 9.17) is 15.8 Å². The molecule has 3 N–H and O–H groups in total. The highest BCUT2D eigenvalue weighted by atomic mass is 16.4. The number of carbonyl (C=O) groups is 1. The molecule has 0 amide bonds. The zero-order valence-corrected chi connectivity index (χ0v) is 13.7. The minimum Gasteiger partial charge on any atom is -0.480 e. The molecule has 1 atom stereocenters. The highest BCUT2D eigenvalue weighted by molar-refractivity contribution is 5.86. The number of rotatable bonds is 4. The number of aliphatic carboxylic acids is 1. The first-order valence-corrected chi connectivity index (χ1v) is 8.10. The summed E-state index contributed by atoms with van der Waals surface area (Å²) in [7, 11) is 0. The molecule has 0 aliphatic carbocycles. The van der Waals surface area contributed by atoms with E-state index in [1.54, 1.807) is 0 Å². The number of carboxylic acid groups (broad SMARTS) is 1. The molecule has 3 rings (SSSR count). The van der Waals surface area contributed by atoms with Crippen LogP contribution in [-0.4, -0.2) is 35.2 Å². The maximum Gasteiger partial charge on any atom is 0.320 e. The van der Waals surface area contributed by atoms with Crippen molar-refractivity contribution < 1.29 is 9.90 Å². The number of benzene rings is 1. The van der Waals surface area contributed by atoms with Gasteiger partial charge in [0.15, 0.2) is 0 Å². The molecule has 1 aliphatic rings. The fraction of sp³-hybridized carbons (Fsp3) is 0.444. The summed E-state index contributed by atoms with van der Waals surface area (Å²) in [6.07, 6.45) is 2.60. The molecule has 0 spiro atoms. The Morgan fingerprint density at radius 3 is 2.65 bits per heavy atom. The Morgan fingerprint density at radius 2 is 2.00 bits per heavy atom. The van der Waals surface area contributed by atoms with Gasteiger partial charge in [0.05, 0.1) is 5.52 Å². The van der Waals surface area contributed by atoms with E-state index in [1.165, 1.54) is 5.56 Å². The molecular weight excluding hydrogens is 290 g/mol. The Labute approximate surface area is 136 Å². The van der Waals surface area contributed by atoms with E-state index >= 15 is 0 Å². The normalized spacial score (nSPS) is 16.0. The van der Waals surface area contributed by atoms with Crippen molar-refractivity contribution in [3.63, 3.8) is 0 Å². The van der Waals surface area contributed by atoms with Gasteiger partial charge in [-0.05, 0) is 49.9 Å². The van der Waals surface area contributed by atoms with E-state index in [9.17, 15) is 4.79 Å². The van der Waals surface area contributed by atoms with Crippen LogP contribution in [0.3, 0.4) is 0 Å². The van der Waals surface area contributed by atoms with Crippen LogP contribution in [0.4, 0.5) is 5.82 Å². The van der Waals surface area contributed by atoms with Gasteiger partial charge in [-0.1, -0.05) is 11.6 Å². The van der Waals surface area contributed by atoms with Crippen LogP contribution in [0.15, 0.2) is 18.2 Å². The molecule has 1 aliphatic heterocycles. The lowest BCUT2D eigenvalue weighted by Gasteiger charge is -2.22. The third kappa shape index (κ3) is 3.15. The van der Waals surface area contributed by atoms with Gasteiger partial charge in [0.25, 0.3) is 0 Å². The average Bonchev–Trinajstić information content (AvgIpc) is 3.00. The lowest BCUT2D eigenvalue weighted by Crippen LogP contribution is -2.33. The summed E-state index contributed by atoms with van der Waals surface area (Å²) >= 11 is 0. The first-order valence-electron chi connectivity index (χ1n) is 8.10. The van der Waals surface area contributed by atoms with Crippen LogP contribution >= 0.6 is 0 Å². The molecule has 0 bridgehead atoms. The van der Waals surface area contributed by atoms with Crippen molar-refractivity contribution in [2.75, 3.05) is 18.0 Å². The predicted molar refractivity (Wildman–Crippen MR) is 92.0 cm³/mol. The van der Waals surface area contributed by atoms with Crippen LogP contribution in [0.2, 0.25) is 0 Å². The topological polar surface area (TPSA) is 79.5 Å². The average molecular weight is 313 g/mol. The zero-order valence-electron chi connectivity index (χ0n) is 13.7. The van der Waals surface area contributed by atoms with E-state index in [0.29, 0.717) is 6.42 Å². The summed E-state index contributed by atoms with van der Waals surface area (Å²) in [6, 6.07) is 5.39. The molecule has 0 saturated carbocycles. The minimum absolute atomic E-state index is 0.303. The number of fused-ring (bicyclic) bond motifs is 1. The number of hydrogen-bond acceptors (Lipinski definition) is 4. The first-order chi connectivity index (χ1) is 11.0. The van der Waals surface area contributed by atoms with Crippen molar-refractivity contribution in [3.8, 4) is 0 Å². The standard InChI is InChI=1S/C18H23N3O2/c1-11-7-12(2)16-13(8-11)9-14(10-15(19)18(22)23)17(20-16)21-5-3-4-6-21/h7-9,15H,3-6,10,19H2,1-2H3,(H,22,23). The monoisotopic (exact) mass is 313 g/mol. The Balaban J connectivity index is 2.13. The highest BCUT2D eigenvalue weighted by Crippen LogP contribution is 2.29. The fourth-order valence-corrected chi connectivity index (χ4v) is 3.36. The molecule has 2 aromatic rings. The molecule has 2 heterocycles. The van der Waals surface area contributed by atoms with Crippen molar-refractivity contribution in [1.29, 1.82) is 0 Å². The van der Waals surface area contributed by atoms with Crippen LogP contribution in [0, 0.1) is 13.8 Å². The SMILES string of the molecule is Cc1cc(C)c2nc(N3CCCC3)c(CC(N)C(=O)O)cc2c1. The molecule has 122 valence electrons. The van der Waals surface area contributed by atoms with E-state index in [-0.39, 0.29) is 0 Å². The van der Waals surface area contributed by atoms with Gasteiger partial charge in [-0.3, -0.25) is 4.79 Å².